The quantitative estimate of drug-likeness (QED) is 0.340. The second kappa shape index (κ2) is 11.0. The maximum Gasteiger partial charge on any atom is 0.255 e. The maximum atomic E-state index is 12.8. The fraction of sp³-hybridized carbons (Fsp3) is 0.286. The molecule has 0 atom stereocenters. The van der Waals surface area contributed by atoms with Crippen molar-refractivity contribution in [2.75, 3.05) is 49.3 Å². The average molecular weight is 512 g/mol. The molecule has 0 saturated carbocycles. The van der Waals surface area contributed by atoms with Gasteiger partial charge in [-0.3, -0.25) is 4.79 Å². The van der Waals surface area contributed by atoms with Crippen LogP contribution in [0.25, 0.3) is 5.82 Å². The zero-order chi connectivity index (χ0) is 26.6. The van der Waals surface area contributed by atoms with Crippen LogP contribution in [0.5, 0.6) is 0 Å². The molecule has 38 heavy (non-hydrogen) atoms. The van der Waals surface area contributed by atoms with Gasteiger partial charge in [0.15, 0.2) is 5.82 Å². The van der Waals surface area contributed by atoms with Gasteiger partial charge in [0.05, 0.1) is 5.69 Å². The van der Waals surface area contributed by atoms with E-state index in [-0.39, 0.29) is 5.91 Å². The Morgan fingerprint density at radius 1 is 0.921 bits per heavy atom. The van der Waals surface area contributed by atoms with Gasteiger partial charge in [-0.1, -0.05) is 23.8 Å². The number of benzene rings is 2. The number of aromatic nitrogens is 4. The van der Waals surface area contributed by atoms with Crippen molar-refractivity contribution in [2.24, 2.45) is 0 Å². The second-order valence-corrected chi connectivity index (χ2v) is 9.72. The van der Waals surface area contributed by atoms with Crippen LogP contribution in [0.4, 0.5) is 23.0 Å². The number of carbonyl (C=O) groups is 1. The average Bonchev–Trinajstić information content (AvgIpc) is 3.27. The van der Waals surface area contributed by atoms with Gasteiger partial charge in [-0.15, -0.1) is 0 Å². The monoisotopic (exact) mass is 511 g/mol. The molecule has 1 fully saturated rings. The molecule has 10 heteroatoms. The van der Waals surface area contributed by atoms with Crippen LogP contribution in [0.2, 0.25) is 0 Å². The van der Waals surface area contributed by atoms with Gasteiger partial charge in [0.25, 0.3) is 5.91 Å². The van der Waals surface area contributed by atoms with E-state index in [0.717, 1.165) is 60.3 Å². The summed E-state index contributed by atoms with van der Waals surface area (Å²) in [5.74, 6) is 1.98. The van der Waals surface area contributed by atoms with E-state index in [2.05, 4.69) is 48.1 Å². The van der Waals surface area contributed by atoms with E-state index in [1.807, 2.05) is 75.4 Å². The molecule has 1 aliphatic heterocycles. The van der Waals surface area contributed by atoms with Gasteiger partial charge in [-0.25, -0.2) is 15.0 Å². The first-order valence-electron chi connectivity index (χ1n) is 12.7. The van der Waals surface area contributed by atoms with Crippen LogP contribution in [-0.4, -0.2) is 68.8 Å². The molecule has 3 heterocycles. The molecule has 0 aliphatic carbocycles. The molecule has 5 rings (SSSR count). The number of hydrogen-bond acceptors (Lipinski definition) is 8. The highest BCUT2D eigenvalue weighted by Crippen LogP contribution is 2.27. The number of hydrogen-bond donors (Lipinski definition) is 3. The van der Waals surface area contributed by atoms with Crippen molar-refractivity contribution in [1.29, 1.82) is 0 Å². The molecule has 3 N–H and O–H groups in total. The summed E-state index contributed by atoms with van der Waals surface area (Å²) in [4.78, 5) is 24.0. The van der Waals surface area contributed by atoms with Crippen molar-refractivity contribution in [2.45, 2.75) is 20.8 Å². The molecule has 196 valence electrons. The van der Waals surface area contributed by atoms with E-state index in [0.29, 0.717) is 17.1 Å². The minimum absolute atomic E-state index is 0.147. The Morgan fingerprint density at radius 3 is 2.53 bits per heavy atom. The van der Waals surface area contributed by atoms with Crippen LogP contribution in [0.3, 0.4) is 0 Å². The van der Waals surface area contributed by atoms with Crippen molar-refractivity contribution >= 4 is 28.9 Å². The highest BCUT2D eigenvalue weighted by molar-refractivity contribution is 6.04. The summed E-state index contributed by atoms with van der Waals surface area (Å²) in [6.45, 7) is 9.77. The molecule has 1 aliphatic rings. The van der Waals surface area contributed by atoms with E-state index in [1.165, 1.54) is 0 Å². The predicted molar refractivity (Wildman–Crippen MR) is 150 cm³/mol. The number of hydrazine groups is 1. The molecule has 0 radical (unpaired) electrons. The number of likely N-dealkylation sites (N-methyl/N-ethyl adjacent to an activating group) is 1. The highest BCUT2D eigenvalue weighted by atomic mass is 16.1. The number of carbonyl (C=O) groups excluding carboxylic acids is 1. The second-order valence-electron chi connectivity index (χ2n) is 9.72. The summed E-state index contributed by atoms with van der Waals surface area (Å²) in [6, 6.07) is 17.2. The van der Waals surface area contributed by atoms with Crippen molar-refractivity contribution in [3.8, 4) is 5.82 Å². The Labute approximate surface area is 222 Å². The Balaban J connectivity index is 1.35. The topological polar surface area (TPSA) is 103 Å². The lowest BCUT2D eigenvalue weighted by Gasteiger charge is -2.32. The van der Waals surface area contributed by atoms with E-state index < -0.39 is 0 Å². The van der Waals surface area contributed by atoms with Crippen molar-refractivity contribution in [1.82, 2.24) is 29.7 Å². The minimum atomic E-state index is -0.147. The van der Waals surface area contributed by atoms with Crippen LogP contribution >= 0.6 is 0 Å². The SMILES string of the molecule is Cc1cccc(C(=O)Nc2ccc(C)c(Nc3cc(C)nn3-c3cc(NN4CCN(C)CC4)ncn3)c2)c1. The summed E-state index contributed by atoms with van der Waals surface area (Å²) in [5.41, 5.74) is 8.50. The number of piperazine rings is 1. The van der Waals surface area contributed by atoms with Gasteiger partial charge in [0, 0.05) is 55.2 Å². The Kier molecular flexibility index (Phi) is 7.34. The zero-order valence-corrected chi connectivity index (χ0v) is 22.2. The number of anilines is 4. The lowest BCUT2D eigenvalue weighted by atomic mass is 10.1. The fourth-order valence-corrected chi connectivity index (χ4v) is 4.33. The summed E-state index contributed by atoms with van der Waals surface area (Å²) >= 11 is 0. The molecule has 4 aromatic rings. The minimum Gasteiger partial charge on any atom is -0.340 e. The Bertz CT molecular complexity index is 1440. The number of nitrogens with one attached hydrogen (secondary N) is 3. The smallest absolute Gasteiger partial charge is 0.255 e. The molecular weight excluding hydrogens is 478 g/mol. The summed E-state index contributed by atoms with van der Waals surface area (Å²) in [7, 11) is 2.13. The van der Waals surface area contributed by atoms with Gasteiger partial charge in [-0.05, 0) is 57.6 Å². The largest absolute Gasteiger partial charge is 0.340 e. The molecule has 1 saturated heterocycles. The van der Waals surface area contributed by atoms with Crippen molar-refractivity contribution in [3.63, 3.8) is 0 Å². The maximum absolute atomic E-state index is 12.8. The van der Waals surface area contributed by atoms with Gasteiger partial charge >= 0.3 is 0 Å². The number of aryl methyl sites for hydroxylation is 3. The predicted octanol–water partition coefficient (Wildman–Crippen LogP) is 4.16. The van der Waals surface area contributed by atoms with Crippen molar-refractivity contribution in [3.05, 3.63) is 83.3 Å². The molecule has 0 spiro atoms. The van der Waals surface area contributed by atoms with Crippen molar-refractivity contribution < 1.29 is 4.79 Å². The van der Waals surface area contributed by atoms with Gasteiger partial charge < -0.3 is 21.0 Å². The molecule has 2 aromatic carbocycles. The van der Waals surface area contributed by atoms with Crippen LogP contribution < -0.4 is 16.1 Å². The normalized spacial score (nSPS) is 14.3. The lowest BCUT2D eigenvalue weighted by Crippen LogP contribution is -2.47. The molecule has 0 unspecified atom stereocenters. The third-order valence-electron chi connectivity index (χ3n) is 6.52. The standard InChI is InChI=1S/C28H33N9O/c1-19-6-5-7-22(14-19)28(38)31-23-9-8-20(2)24(16-23)32-27-15-21(3)33-37(27)26-17-25(29-18-30-26)34-36-12-10-35(4)11-13-36/h5-9,14-18,32H,10-13H2,1-4H3,(H,31,38)(H,29,30,34). The van der Waals surface area contributed by atoms with E-state index >= 15 is 0 Å². The molecule has 0 bridgehead atoms. The highest BCUT2D eigenvalue weighted by Gasteiger charge is 2.16. The van der Waals surface area contributed by atoms with Gasteiger partial charge in [0.1, 0.15) is 18.0 Å². The number of amides is 1. The third-order valence-corrected chi connectivity index (χ3v) is 6.52. The first kappa shape index (κ1) is 25.4. The first-order chi connectivity index (χ1) is 18.3. The van der Waals surface area contributed by atoms with Crippen LogP contribution in [0.15, 0.2) is 60.9 Å². The van der Waals surface area contributed by atoms with E-state index in [1.54, 1.807) is 11.0 Å². The van der Waals surface area contributed by atoms with E-state index in [9.17, 15) is 4.79 Å². The van der Waals surface area contributed by atoms with Crippen LogP contribution in [0.1, 0.15) is 27.2 Å². The van der Waals surface area contributed by atoms with Crippen LogP contribution in [-0.2, 0) is 0 Å². The molecule has 10 nitrogen and oxygen atoms in total. The number of rotatable bonds is 7. The summed E-state index contributed by atoms with van der Waals surface area (Å²) in [5, 5.41) is 13.3. The Morgan fingerprint density at radius 2 is 1.74 bits per heavy atom. The number of nitrogens with zero attached hydrogens (tertiary/aromatic N) is 6. The Hall–Kier alpha value is -4.28. The zero-order valence-electron chi connectivity index (χ0n) is 22.2. The van der Waals surface area contributed by atoms with E-state index in [4.69, 9.17) is 0 Å². The summed E-state index contributed by atoms with van der Waals surface area (Å²) < 4.78 is 1.77. The summed E-state index contributed by atoms with van der Waals surface area (Å²) in [6.07, 6.45) is 1.54. The first-order valence-corrected chi connectivity index (χ1v) is 12.7. The molecule has 2 aromatic heterocycles. The molecular formula is C28H33N9O. The van der Waals surface area contributed by atoms with Crippen LogP contribution in [0, 0.1) is 20.8 Å². The molecule has 1 amide bonds. The lowest BCUT2D eigenvalue weighted by molar-refractivity contribution is 0.102. The fourth-order valence-electron chi connectivity index (χ4n) is 4.33. The third kappa shape index (κ3) is 5.99. The van der Waals surface area contributed by atoms with Gasteiger partial charge in [0.2, 0.25) is 0 Å². The van der Waals surface area contributed by atoms with Gasteiger partial charge in [-0.2, -0.15) is 9.78 Å².